The number of halogens is 1. The fourth-order valence-corrected chi connectivity index (χ4v) is 2.61. The second-order valence-corrected chi connectivity index (χ2v) is 6.34. The first-order valence-electron chi connectivity index (χ1n) is 7.24. The van der Waals surface area contributed by atoms with Crippen molar-refractivity contribution in [1.29, 1.82) is 0 Å². The molecular weight excluding hydrogens is 332 g/mol. The number of methoxy groups -OCH3 is 1. The summed E-state index contributed by atoms with van der Waals surface area (Å²) >= 11 is 3.45. The Kier molecular flexibility index (Phi) is 7.75. The monoisotopic (exact) mass is 356 g/mol. The van der Waals surface area contributed by atoms with E-state index in [1.165, 1.54) is 0 Å². The van der Waals surface area contributed by atoms with E-state index in [1.54, 1.807) is 12.0 Å². The van der Waals surface area contributed by atoms with Gasteiger partial charge in [-0.3, -0.25) is 4.79 Å². The number of benzene rings is 1. The highest BCUT2D eigenvalue weighted by molar-refractivity contribution is 9.10. The molecule has 0 fully saturated rings. The number of nitrogens with two attached hydrogens (primary N) is 1. The van der Waals surface area contributed by atoms with Crippen molar-refractivity contribution in [1.82, 2.24) is 4.90 Å². The van der Waals surface area contributed by atoms with Gasteiger partial charge in [-0.2, -0.15) is 0 Å². The van der Waals surface area contributed by atoms with Crippen molar-refractivity contribution in [3.63, 3.8) is 0 Å². The minimum atomic E-state index is 0.154. The molecule has 4 nitrogen and oxygen atoms in total. The summed E-state index contributed by atoms with van der Waals surface area (Å²) in [5, 5.41) is 0. The molecule has 0 spiro atoms. The SMILES string of the molecule is COc1ccc(Br)cc1CN(C)C(=O)CCC(C)CCN. The molecule has 0 saturated carbocycles. The molecule has 1 aromatic carbocycles. The van der Waals surface area contributed by atoms with E-state index >= 15 is 0 Å². The summed E-state index contributed by atoms with van der Waals surface area (Å²) in [5.74, 6) is 1.45. The first-order valence-corrected chi connectivity index (χ1v) is 8.03. The molecule has 0 saturated heterocycles. The molecule has 2 N–H and O–H groups in total. The van der Waals surface area contributed by atoms with Crippen LogP contribution in [0.5, 0.6) is 5.75 Å². The number of carbonyl (C=O) groups is 1. The molecule has 1 atom stereocenters. The van der Waals surface area contributed by atoms with Crippen molar-refractivity contribution < 1.29 is 9.53 Å². The summed E-state index contributed by atoms with van der Waals surface area (Å²) in [6.07, 6.45) is 2.42. The second-order valence-electron chi connectivity index (χ2n) is 5.43. The van der Waals surface area contributed by atoms with E-state index in [-0.39, 0.29) is 5.91 Å². The molecule has 0 aliphatic rings. The predicted molar refractivity (Wildman–Crippen MR) is 89.2 cm³/mol. The van der Waals surface area contributed by atoms with E-state index < -0.39 is 0 Å². The zero-order valence-corrected chi connectivity index (χ0v) is 14.6. The van der Waals surface area contributed by atoms with Gasteiger partial charge >= 0.3 is 0 Å². The summed E-state index contributed by atoms with van der Waals surface area (Å²) < 4.78 is 6.32. The Morgan fingerprint density at radius 1 is 1.43 bits per heavy atom. The van der Waals surface area contributed by atoms with E-state index in [0.717, 1.165) is 28.6 Å². The summed E-state index contributed by atoms with van der Waals surface area (Å²) in [6.45, 7) is 3.37. The van der Waals surface area contributed by atoms with Crippen LogP contribution in [-0.2, 0) is 11.3 Å². The first-order chi connectivity index (χ1) is 9.97. The van der Waals surface area contributed by atoms with E-state index in [9.17, 15) is 4.79 Å². The Bertz CT molecular complexity index is 466. The maximum atomic E-state index is 12.2. The number of rotatable bonds is 8. The van der Waals surface area contributed by atoms with Gasteiger partial charge in [-0.05, 0) is 43.5 Å². The number of carbonyl (C=O) groups excluding carboxylic acids is 1. The number of hydrogen-bond donors (Lipinski definition) is 1. The van der Waals surface area contributed by atoms with E-state index in [2.05, 4.69) is 22.9 Å². The van der Waals surface area contributed by atoms with Crippen molar-refractivity contribution in [2.75, 3.05) is 20.7 Å². The zero-order chi connectivity index (χ0) is 15.8. The third kappa shape index (κ3) is 6.06. The van der Waals surface area contributed by atoms with Gasteiger partial charge in [-0.25, -0.2) is 0 Å². The number of ether oxygens (including phenoxy) is 1. The molecule has 0 aliphatic carbocycles. The topological polar surface area (TPSA) is 55.6 Å². The van der Waals surface area contributed by atoms with Gasteiger partial charge in [0.1, 0.15) is 5.75 Å². The van der Waals surface area contributed by atoms with Crippen LogP contribution in [0.1, 0.15) is 31.7 Å². The largest absolute Gasteiger partial charge is 0.496 e. The summed E-state index contributed by atoms with van der Waals surface area (Å²) in [4.78, 5) is 13.9. The zero-order valence-electron chi connectivity index (χ0n) is 13.1. The molecule has 0 bridgehead atoms. The molecule has 21 heavy (non-hydrogen) atoms. The fourth-order valence-electron chi connectivity index (χ4n) is 2.20. The van der Waals surface area contributed by atoms with Crippen molar-refractivity contribution in [3.05, 3.63) is 28.2 Å². The Morgan fingerprint density at radius 3 is 2.76 bits per heavy atom. The van der Waals surface area contributed by atoms with Gasteiger partial charge in [-0.1, -0.05) is 22.9 Å². The van der Waals surface area contributed by atoms with Gasteiger partial charge in [0, 0.05) is 30.0 Å². The van der Waals surface area contributed by atoms with Crippen molar-refractivity contribution in [2.24, 2.45) is 11.7 Å². The van der Waals surface area contributed by atoms with Crippen LogP contribution in [0.25, 0.3) is 0 Å². The van der Waals surface area contributed by atoms with E-state index in [1.807, 2.05) is 25.2 Å². The lowest BCUT2D eigenvalue weighted by Crippen LogP contribution is -2.26. The number of nitrogens with zero attached hydrogens (tertiary/aromatic N) is 1. The molecule has 0 aromatic heterocycles. The highest BCUT2D eigenvalue weighted by atomic mass is 79.9. The third-order valence-corrected chi connectivity index (χ3v) is 4.08. The minimum absolute atomic E-state index is 0.154. The molecule has 5 heteroatoms. The predicted octanol–water partition coefficient (Wildman–Crippen LogP) is 3.18. The molecule has 118 valence electrons. The number of amides is 1. The maximum absolute atomic E-state index is 12.2. The van der Waals surface area contributed by atoms with Gasteiger partial charge in [-0.15, -0.1) is 0 Å². The Labute approximate surface area is 135 Å². The normalized spacial score (nSPS) is 12.0. The summed E-state index contributed by atoms with van der Waals surface area (Å²) in [7, 11) is 3.47. The lowest BCUT2D eigenvalue weighted by molar-refractivity contribution is -0.130. The smallest absolute Gasteiger partial charge is 0.222 e. The molecule has 1 rings (SSSR count). The van der Waals surface area contributed by atoms with Crippen LogP contribution in [0.4, 0.5) is 0 Å². The quantitative estimate of drug-likeness (QED) is 0.778. The lowest BCUT2D eigenvalue weighted by Gasteiger charge is -2.20. The molecule has 1 amide bonds. The Morgan fingerprint density at radius 2 is 2.14 bits per heavy atom. The van der Waals surface area contributed by atoms with Crippen LogP contribution in [0, 0.1) is 5.92 Å². The van der Waals surface area contributed by atoms with Gasteiger partial charge in [0.15, 0.2) is 0 Å². The Balaban J connectivity index is 2.58. The van der Waals surface area contributed by atoms with Crippen molar-refractivity contribution in [2.45, 2.75) is 32.7 Å². The fraction of sp³-hybridized carbons (Fsp3) is 0.562. The van der Waals surface area contributed by atoms with Gasteiger partial charge < -0.3 is 15.4 Å². The molecule has 0 heterocycles. The highest BCUT2D eigenvalue weighted by Gasteiger charge is 2.13. The maximum Gasteiger partial charge on any atom is 0.222 e. The minimum Gasteiger partial charge on any atom is -0.496 e. The molecular formula is C16H25BrN2O2. The van der Waals surface area contributed by atoms with E-state index in [0.29, 0.717) is 25.4 Å². The summed E-state index contributed by atoms with van der Waals surface area (Å²) in [6, 6.07) is 5.82. The molecule has 1 unspecified atom stereocenters. The van der Waals surface area contributed by atoms with Gasteiger partial charge in [0.25, 0.3) is 0 Å². The van der Waals surface area contributed by atoms with Crippen molar-refractivity contribution in [3.8, 4) is 5.75 Å². The van der Waals surface area contributed by atoms with Crippen LogP contribution in [-0.4, -0.2) is 31.5 Å². The van der Waals surface area contributed by atoms with Gasteiger partial charge in [0.05, 0.1) is 7.11 Å². The Hall–Kier alpha value is -1.07. The highest BCUT2D eigenvalue weighted by Crippen LogP contribution is 2.24. The second kappa shape index (κ2) is 9.05. The third-order valence-electron chi connectivity index (χ3n) is 3.59. The molecule has 0 aliphatic heterocycles. The van der Waals surface area contributed by atoms with Crippen LogP contribution in [0.2, 0.25) is 0 Å². The summed E-state index contributed by atoms with van der Waals surface area (Å²) in [5.41, 5.74) is 6.53. The van der Waals surface area contributed by atoms with Crippen LogP contribution >= 0.6 is 15.9 Å². The van der Waals surface area contributed by atoms with Gasteiger partial charge in [0.2, 0.25) is 5.91 Å². The van der Waals surface area contributed by atoms with E-state index in [4.69, 9.17) is 10.5 Å². The number of hydrogen-bond acceptors (Lipinski definition) is 3. The average molecular weight is 357 g/mol. The van der Waals surface area contributed by atoms with Crippen LogP contribution < -0.4 is 10.5 Å². The first kappa shape index (κ1) is 18.0. The lowest BCUT2D eigenvalue weighted by atomic mass is 10.0. The molecule has 1 aromatic rings. The van der Waals surface area contributed by atoms with Crippen molar-refractivity contribution >= 4 is 21.8 Å². The average Bonchev–Trinajstić information content (AvgIpc) is 2.45. The van der Waals surface area contributed by atoms with Crippen LogP contribution in [0.15, 0.2) is 22.7 Å². The molecule has 0 radical (unpaired) electrons. The standard InChI is InChI=1S/C16H25BrN2O2/c1-12(8-9-18)4-7-16(20)19(2)11-13-10-14(17)5-6-15(13)21-3/h5-6,10,12H,4,7-9,11,18H2,1-3H3. The van der Waals surface area contributed by atoms with Crippen LogP contribution in [0.3, 0.4) is 0 Å².